The van der Waals surface area contributed by atoms with E-state index >= 15 is 0 Å². The highest BCUT2D eigenvalue weighted by Gasteiger charge is 2.32. The van der Waals surface area contributed by atoms with E-state index in [2.05, 4.69) is 21.3 Å². The van der Waals surface area contributed by atoms with Gasteiger partial charge < -0.3 is 47.0 Å². The molecule has 0 aliphatic carbocycles. The summed E-state index contributed by atoms with van der Waals surface area (Å²) in [6.07, 6.45) is -0.0244. The summed E-state index contributed by atoms with van der Waals surface area (Å²) < 4.78 is 0. The highest BCUT2D eigenvalue weighted by molar-refractivity contribution is 7.98. The van der Waals surface area contributed by atoms with Crippen LogP contribution < -0.4 is 26.6 Å². The van der Waals surface area contributed by atoms with E-state index in [0.29, 0.717) is 5.75 Å². The van der Waals surface area contributed by atoms with Crippen LogP contribution in [0.2, 0.25) is 0 Å². The van der Waals surface area contributed by atoms with Gasteiger partial charge in [0, 0.05) is 13.3 Å². The van der Waals surface area contributed by atoms with Crippen molar-refractivity contribution in [1.82, 2.24) is 26.6 Å². The van der Waals surface area contributed by atoms with Gasteiger partial charge in [0.1, 0.15) is 30.2 Å². The van der Waals surface area contributed by atoms with Crippen LogP contribution in [0, 0.1) is 0 Å². The first-order valence-electron chi connectivity index (χ1n) is 11.9. The molecule has 5 atom stereocenters. The zero-order valence-corrected chi connectivity index (χ0v) is 22.9. The van der Waals surface area contributed by atoms with E-state index in [0.717, 1.165) is 13.8 Å². The summed E-state index contributed by atoms with van der Waals surface area (Å²) in [4.78, 5) is 95.2. The Kier molecular flexibility index (Phi) is 16.6. The third-order valence-electron chi connectivity index (χ3n) is 5.14. The van der Waals surface area contributed by atoms with Crippen LogP contribution in [0.15, 0.2) is 0 Å². The number of amides is 5. The van der Waals surface area contributed by atoms with Gasteiger partial charge in [-0.25, -0.2) is 0 Å². The normalized spacial score (nSPS) is 14.3. The molecule has 5 amide bonds. The Labute approximate surface area is 233 Å². The highest BCUT2D eigenvalue weighted by atomic mass is 32.2. The third-order valence-corrected chi connectivity index (χ3v) is 5.78. The maximum absolute atomic E-state index is 12.9. The summed E-state index contributed by atoms with van der Waals surface area (Å²) in [6, 6.07) is -7.42. The molecule has 0 saturated heterocycles. The van der Waals surface area contributed by atoms with Crippen LogP contribution in [-0.4, -0.2) is 117 Å². The van der Waals surface area contributed by atoms with Crippen LogP contribution in [0.5, 0.6) is 0 Å². The number of nitrogens with one attached hydrogen (secondary N) is 5. The first-order valence-corrected chi connectivity index (χ1v) is 13.3. The highest BCUT2D eigenvalue weighted by Crippen LogP contribution is 2.05. The molecular weight excluding hydrogens is 558 g/mol. The van der Waals surface area contributed by atoms with Crippen molar-refractivity contribution >= 4 is 59.2 Å². The maximum Gasteiger partial charge on any atom is 0.325 e. The van der Waals surface area contributed by atoms with E-state index in [1.165, 1.54) is 11.8 Å². The largest absolute Gasteiger partial charge is 0.481 e. The molecule has 0 aliphatic heterocycles. The van der Waals surface area contributed by atoms with E-state index < -0.39 is 97.1 Å². The quantitative estimate of drug-likeness (QED) is 0.0708. The predicted molar refractivity (Wildman–Crippen MR) is 138 cm³/mol. The van der Waals surface area contributed by atoms with E-state index in [4.69, 9.17) is 15.3 Å². The molecule has 0 bridgehead atoms. The van der Waals surface area contributed by atoms with Crippen LogP contribution >= 0.6 is 11.8 Å². The zero-order valence-electron chi connectivity index (χ0n) is 22.1. The number of carboxylic acids is 3. The molecule has 0 unspecified atom stereocenters. The lowest BCUT2D eigenvalue weighted by Crippen LogP contribution is -2.59. The molecule has 18 heteroatoms. The monoisotopic (exact) mass is 593 g/mol. The smallest absolute Gasteiger partial charge is 0.325 e. The molecule has 0 heterocycles. The molecule has 0 aliphatic rings. The van der Waals surface area contributed by atoms with E-state index in [-0.39, 0.29) is 12.8 Å². The van der Waals surface area contributed by atoms with Gasteiger partial charge in [-0.3, -0.25) is 38.4 Å². The number of aliphatic hydroxyl groups is 1. The van der Waals surface area contributed by atoms with E-state index in [9.17, 15) is 43.5 Å². The van der Waals surface area contributed by atoms with Crippen molar-refractivity contribution in [3.05, 3.63) is 0 Å². The zero-order chi connectivity index (χ0) is 31.0. The number of aliphatic carboxylic acids is 3. The SMILES string of the molecule is CSCC[C@H](NC(=O)[C@H](CO)NC(=O)[C@H](CCC(=O)O)NC(C)=O)C(=O)N[C@@H](CC(=O)O)C(=O)N[C@@H](C)C(=O)O. The molecule has 0 aromatic heterocycles. The summed E-state index contributed by atoms with van der Waals surface area (Å²) in [5.74, 6) is -8.57. The lowest BCUT2D eigenvalue weighted by atomic mass is 10.1. The Morgan fingerprint density at radius 2 is 1.15 bits per heavy atom. The minimum Gasteiger partial charge on any atom is -0.481 e. The number of rotatable bonds is 19. The van der Waals surface area contributed by atoms with Gasteiger partial charge in [-0.15, -0.1) is 0 Å². The Bertz CT molecular complexity index is 962. The van der Waals surface area contributed by atoms with Crippen LogP contribution in [0.3, 0.4) is 0 Å². The van der Waals surface area contributed by atoms with Crippen molar-refractivity contribution in [1.29, 1.82) is 0 Å². The summed E-state index contributed by atoms with van der Waals surface area (Å²) in [5, 5.41) is 47.5. The second-order valence-corrected chi connectivity index (χ2v) is 9.49. The Hall–Kier alpha value is -3.93. The van der Waals surface area contributed by atoms with E-state index in [1.807, 2.05) is 5.32 Å². The van der Waals surface area contributed by atoms with Gasteiger partial charge in [0.25, 0.3) is 0 Å². The number of hydrogen-bond acceptors (Lipinski definition) is 10. The second-order valence-electron chi connectivity index (χ2n) is 8.50. The second kappa shape index (κ2) is 18.4. The molecule has 0 fully saturated rings. The van der Waals surface area contributed by atoms with Gasteiger partial charge in [-0.1, -0.05) is 0 Å². The average Bonchev–Trinajstić information content (AvgIpc) is 2.85. The first kappa shape index (κ1) is 36.1. The van der Waals surface area contributed by atoms with Crippen LogP contribution in [0.1, 0.15) is 39.5 Å². The minimum atomic E-state index is -1.69. The first-order chi connectivity index (χ1) is 18.6. The molecule has 0 aromatic carbocycles. The maximum atomic E-state index is 12.9. The standard InChI is InChI=1S/C22H35N5O12S/c1-10(22(38)39)23-20(36)14(8-17(32)33)26-19(35)13(6-7-40-3)25-21(37)15(9-28)27-18(34)12(24-11(2)29)4-5-16(30)31/h10,12-15,28H,4-9H2,1-3H3,(H,23,36)(H,24,29)(H,25,37)(H,26,35)(H,27,34)(H,30,31)(H,32,33)(H,38,39)/t10-,12-,13-,14-,15-/m0/s1. The molecular formula is C22H35N5O12S. The fourth-order valence-corrected chi connectivity index (χ4v) is 3.53. The van der Waals surface area contributed by atoms with E-state index in [1.54, 1.807) is 6.26 Å². The Morgan fingerprint density at radius 3 is 1.60 bits per heavy atom. The number of carbonyl (C=O) groups excluding carboxylic acids is 5. The molecule has 17 nitrogen and oxygen atoms in total. The number of aliphatic hydroxyl groups excluding tert-OH is 1. The van der Waals surface area contributed by atoms with Gasteiger partial charge in [0.05, 0.1) is 13.0 Å². The fraction of sp³-hybridized carbons (Fsp3) is 0.636. The molecule has 0 aromatic rings. The summed E-state index contributed by atoms with van der Waals surface area (Å²) in [6.45, 7) is 1.27. The van der Waals surface area contributed by atoms with Gasteiger partial charge in [0.15, 0.2) is 0 Å². The van der Waals surface area contributed by atoms with Crippen LogP contribution in [0.4, 0.5) is 0 Å². The number of carboxylic acid groups (broad SMARTS) is 3. The van der Waals surface area contributed by atoms with Crippen molar-refractivity contribution in [3.63, 3.8) is 0 Å². The summed E-state index contributed by atoms with van der Waals surface area (Å²) in [5.41, 5.74) is 0. The van der Waals surface area contributed by atoms with Gasteiger partial charge in [-0.05, 0) is 31.8 Å². The topological polar surface area (TPSA) is 278 Å². The summed E-state index contributed by atoms with van der Waals surface area (Å²) in [7, 11) is 0. The number of thioether (sulfide) groups is 1. The lowest BCUT2D eigenvalue weighted by molar-refractivity contribution is -0.143. The minimum absolute atomic E-state index is 0.0229. The molecule has 40 heavy (non-hydrogen) atoms. The van der Waals surface area contributed by atoms with Crippen molar-refractivity contribution in [2.24, 2.45) is 0 Å². The molecule has 226 valence electrons. The van der Waals surface area contributed by atoms with Gasteiger partial charge in [-0.2, -0.15) is 11.8 Å². The van der Waals surface area contributed by atoms with Gasteiger partial charge >= 0.3 is 17.9 Å². The fourth-order valence-electron chi connectivity index (χ4n) is 3.06. The Morgan fingerprint density at radius 1 is 0.675 bits per heavy atom. The predicted octanol–water partition coefficient (Wildman–Crippen LogP) is -3.38. The number of carbonyl (C=O) groups is 8. The summed E-state index contributed by atoms with van der Waals surface area (Å²) >= 11 is 1.29. The Balaban J connectivity index is 5.66. The third kappa shape index (κ3) is 14.3. The molecule has 9 N–H and O–H groups in total. The van der Waals surface area contributed by atoms with Crippen molar-refractivity contribution in [2.45, 2.75) is 69.7 Å². The van der Waals surface area contributed by atoms with Crippen molar-refractivity contribution in [2.75, 3.05) is 18.6 Å². The van der Waals surface area contributed by atoms with Crippen LogP contribution in [-0.2, 0) is 38.4 Å². The molecule has 0 rings (SSSR count). The lowest BCUT2D eigenvalue weighted by Gasteiger charge is -2.25. The van der Waals surface area contributed by atoms with Crippen LogP contribution in [0.25, 0.3) is 0 Å². The van der Waals surface area contributed by atoms with Crippen molar-refractivity contribution in [3.8, 4) is 0 Å². The molecule has 0 radical (unpaired) electrons. The molecule has 0 spiro atoms. The average molecular weight is 594 g/mol. The van der Waals surface area contributed by atoms with Gasteiger partial charge in [0.2, 0.25) is 29.5 Å². The van der Waals surface area contributed by atoms with Crippen molar-refractivity contribution < 1.29 is 58.8 Å². The molecule has 0 saturated carbocycles. The number of hydrogen-bond donors (Lipinski definition) is 9.